The van der Waals surface area contributed by atoms with E-state index in [0.717, 1.165) is 0 Å². The van der Waals surface area contributed by atoms with Crippen LogP contribution in [0.25, 0.3) is 0 Å². The van der Waals surface area contributed by atoms with Crippen molar-refractivity contribution in [1.29, 1.82) is 0 Å². The second kappa shape index (κ2) is 8.62. The first-order chi connectivity index (χ1) is 14.2. The lowest BCUT2D eigenvalue weighted by Gasteiger charge is -2.17. The van der Waals surface area contributed by atoms with E-state index in [0.29, 0.717) is 11.1 Å². The molecule has 0 unspecified atom stereocenters. The van der Waals surface area contributed by atoms with Crippen LogP contribution in [0.5, 0.6) is 0 Å². The van der Waals surface area contributed by atoms with Crippen molar-refractivity contribution in [2.75, 3.05) is 13.7 Å². The molecule has 2 aromatic rings. The zero-order chi connectivity index (χ0) is 21.9. The van der Waals surface area contributed by atoms with Crippen LogP contribution in [0.15, 0.2) is 58.4 Å². The first-order valence-corrected chi connectivity index (χ1v) is 10.5. The number of hydrogen-bond acceptors (Lipinski definition) is 6. The van der Waals surface area contributed by atoms with Gasteiger partial charge in [0.05, 0.1) is 4.90 Å². The van der Waals surface area contributed by atoms with Crippen molar-refractivity contribution >= 4 is 27.7 Å². The van der Waals surface area contributed by atoms with E-state index in [2.05, 4.69) is 9.71 Å². The fourth-order valence-electron chi connectivity index (χ4n) is 2.84. The van der Waals surface area contributed by atoms with Crippen LogP contribution in [-0.2, 0) is 30.9 Å². The molecule has 10 heteroatoms. The maximum Gasteiger partial charge on any atom is 0.331 e. The molecule has 1 heterocycles. The van der Waals surface area contributed by atoms with Gasteiger partial charge in [-0.15, -0.1) is 0 Å². The summed E-state index contributed by atoms with van der Waals surface area (Å²) in [5.74, 6) is -1.61. The summed E-state index contributed by atoms with van der Waals surface area (Å²) < 4.78 is 44.7. The molecule has 0 spiro atoms. The average Bonchev–Trinajstić information content (AvgIpc) is 2.96. The number of ether oxygens (including phenoxy) is 1. The van der Waals surface area contributed by atoms with Gasteiger partial charge in [0.25, 0.3) is 15.9 Å². The standard InChI is InChI=1S/C20H20FN3O5S/c1-13(22-19-16-8-3-4-9-17(16)30(27,28)23-19)20(26)29-12-18(25)24(2)11-14-6-5-7-15(21)10-14/h3-10,13H,11-12H2,1-2H3,(H,22,23)/t13-/m0/s1. The maximum absolute atomic E-state index is 13.2. The summed E-state index contributed by atoms with van der Waals surface area (Å²) in [4.78, 5) is 29.9. The van der Waals surface area contributed by atoms with E-state index in [1.165, 1.54) is 37.1 Å². The molecule has 1 atom stereocenters. The molecule has 0 saturated carbocycles. The van der Waals surface area contributed by atoms with Crippen LogP contribution in [0, 0.1) is 5.82 Å². The first-order valence-electron chi connectivity index (χ1n) is 9.02. The Morgan fingerprint density at radius 2 is 1.93 bits per heavy atom. The Labute approximate surface area is 173 Å². The summed E-state index contributed by atoms with van der Waals surface area (Å²) in [5, 5.41) is 0. The summed E-state index contributed by atoms with van der Waals surface area (Å²) in [6, 6.07) is 11.1. The number of carbonyl (C=O) groups excluding carboxylic acids is 2. The molecule has 0 saturated heterocycles. The Hall–Kier alpha value is -3.27. The number of nitrogens with one attached hydrogen (secondary N) is 1. The normalized spacial score (nSPS) is 16.4. The largest absolute Gasteiger partial charge is 0.454 e. The Morgan fingerprint density at radius 1 is 1.20 bits per heavy atom. The molecule has 0 radical (unpaired) electrons. The van der Waals surface area contributed by atoms with E-state index in [1.54, 1.807) is 30.3 Å². The number of fused-ring (bicyclic) bond motifs is 1. The van der Waals surface area contributed by atoms with Crippen molar-refractivity contribution in [2.24, 2.45) is 4.99 Å². The predicted octanol–water partition coefficient (Wildman–Crippen LogP) is 1.45. The van der Waals surface area contributed by atoms with Crippen LogP contribution in [0.2, 0.25) is 0 Å². The maximum atomic E-state index is 13.2. The van der Waals surface area contributed by atoms with Gasteiger partial charge in [0.15, 0.2) is 6.61 Å². The summed E-state index contributed by atoms with van der Waals surface area (Å²) >= 11 is 0. The van der Waals surface area contributed by atoms with Gasteiger partial charge in [-0.05, 0) is 36.8 Å². The zero-order valence-electron chi connectivity index (χ0n) is 16.3. The molecule has 1 aliphatic rings. The molecule has 0 fully saturated rings. The van der Waals surface area contributed by atoms with Gasteiger partial charge in [-0.1, -0.05) is 24.3 Å². The number of esters is 1. The minimum atomic E-state index is -3.72. The third-order valence-corrected chi connectivity index (χ3v) is 5.80. The minimum Gasteiger partial charge on any atom is -0.454 e. The second-order valence-electron chi connectivity index (χ2n) is 6.74. The highest BCUT2D eigenvalue weighted by Gasteiger charge is 2.31. The fourth-order valence-corrected chi connectivity index (χ4v) is 4.08. The second-order valence-corrected chi connectivity index (χ2v) is 8.39. The highest BCUT2D eigenvalue weighted by molar-refractivity contribution is 7.90. The van der Waals surface area contributed by atoms with Crippen LogP contribution in [0.4, 0.5) is 4.39 Å². The van der Waals surface area contributed by atoms with E-state index >= 15 is 0 Å². The van der Waals surface area contributed by atoms with Gasteiger partial charge in [-0.3, -0.25) is 14.5 Å². The molecular formula is C20H20FN3O5S. The lowest BCUT2D eigenvalue weighted by molar-refractivity contribution is -0.152. The summed E-state index contributed by atoms with van der Waals surface area (Å²) in [7, 11) is -2.21. The Morgan fingerprint density at radius 3 is 2.67 bits per heavy atom. The number of amidine groups is 1. The lowest BCUT2D eigenvalue weighted by atomic mass is 10.2. The molecule has 1 aliphatic heterocycles. The number of rotatable bonds is 6. The van der Waals surface area contributed by atoms with Crippen LogP contribution in [-0.4, -0.2) is 50.7 Å². The van der Waals surface area contributed by atoms with E-state index in [4.69, 9.17) is 4.74 Å². The van der Waals surface area contributed by atoms with Gasteiger partial charge < -0.3 is 9.64 Å². The third kappa shape index (κ3) is 4.82. The molecule has 1 N–H and O–H groups in total. The molecule has 30 heavy (non-hydrogen) atoms. The van der Waals surface area contributed by atoms with Gasteiger partial charge in [0, 0.05) is 19.2 Å². The van der Waals surface area contributed by atoms with E-state index in [1.807, 2.05) is 0 Å². The van der Waals surface area contributed by atoms with Crippen LogP contribution in [0.1, 0.15) is 18.1 Å². The fraction of sp³-hybridized carbons (Fsp3) is 0.250. The molecule has 0 aliphatic carbocycles. The Bertz CT molecular complexity index is 1120. The molecule has 158 valence electrons. The molecule has 0 bridgehead atoms. The van der Waals surface area contributed by atoms with Gasteiger partial charge in [0.2, 0.25) is 0 Å². The highest BCUT2D eigenvalue weighted by atomic mass is 32.2. The number of nitrogens with zero attached hydrogens (tertiary/aromatic N) is 2. The van der Waals surface area contributed by atoms with Gasteiger partial charge in [-0.25, -0.2) is 17.6 Å². The number of hydrogen-bond donors (Lipinski definition) is 1. The molecule has 3 rings (SSSR count). The van der Waals surface area contributed by atoms with Crippen LogP contribution >= 0.6 is 0 Å². The van der Waals surface area contributed by atoms with Gasteiger partial charge >= 0.3 is 5.97 Å². The van der Waals surface area contributed by atoms with Gasteiger partial charge in [0.1, 0.15) is 17.7 Å². The lowest BCUT2D eigenvalue weighted by Crippen LogP contribution is -2.33. The summed E-state index contributed by atoms with van der Waals surface area (Å²) in [6.45, 7) is 1.08. The van der Waals surface area contributed by atoms with Crippen LogP contribution in [0.3, 0.4) is 0 Å². The molecule has 1 amide bonds. The van der Waals surface area contributed by atoms with Crippen molar-refractivity contribution in [3.05, 3.63) is 65.5 Å². The van der Waals surface area contributed by atoms with E-state index in [9.17, 15) is 22.4 Å². The summed E-state index contributed by atoms with van der Waals surface area (Å²) in [6.07, 6.45) is 0. The zero-order valence-corrected chi connectivity index (χ0v) is 17.1. The molecule has 8 nitrogen and oxygen atoms in total. The number of likely N-dealkylation sites (N-methyl/N-ethyl adjacent to an activating group) is 1. The number of amides is 1. The monoisotopic (exact) mass is 433 g/mol. The number of carbonyl (C=O) groups is 2. The van der Waals surface area contributed by atoms with Crippen molar-refractivity contribution < 1.29 is 27.1 Å². The Kier molecular flexibility index (Phi) is 6.16. The van der Waals surface area contributed by atoms with E-state index < -0.39 is 40.4 Å². The number of halogens is 1. The number of sulfonamides is 1. The SMILES string of the molecule is C[C@H](N=C1NS(=O)(=O)c2ccccc21)C(=O)OCC(=O)N(C)Cc1cccc(F)c1. The van der Waals surface area contributed by atoms with Crippen molar-refractivity contribution in [3.8, 4) is 0 Å². The Balaban J connectivity index is 1.58. The number of benzene rings is 2. The highest BCUT2D eigenvalue weighted by Crippen LogP contribution is 2.22. The third-order valence-electron chi connectivity index (χ3n) is 4.40. The first kappa shape index (κ1) is 21.4. The smallest absolute Gasteiger partial charge is 0.331 e. The molecule has 0 aromatic heterocycles. The summed E-state index contributed by atoms with van der Waals surface area (Å²) in [5.41, 5.74) is 0.965. The van der Waals surface area contributed by atoms with E-state index in [-0.39, 0.29) is 17.3 Å². The minimum absolute atomic E-state index is 0.0459. The predicted molar refractivity (Wildman–Crippen MR) is 107 cm³/mol. The van der Waals surface area contributed by atoms with Crippen molar-refractivity contribution in [2.45, 2.75) is 24.4 Å². The quantitative estimate of drug-likeness (QED) is 0.695. The van der Waals surface area contributed by atoms with Crippen molar-refractivity contribution in [3.63, 3.8) is 0 Å². The topological polar surface area (TPSA) is 105 Å². The molecular weight excluding hydrogens is 413 g/mol. The van der Waals surface area contributed by atoms with Crippen molar-refractivity contribution in [1.82, 2.24) is 9.62 Å². The number of aliphatic imine (C=N–C) groups is 1. The van der Waals surface area contributed by atoms with Gasteiger partial charge in [-0.2, -0.15) is 0 Å². The average molecular weight is 433 g/mol. The molecule has 2 aromatic carbocycles. The van der Waals surface area contributed by atoms with Crippen LogP contribution < -0.4 is 4.72 Å².